The van der Waals surface area contributed by atoms with Crippen LogP contribution < -0.4 is 0 Å². The minimum Gasteiger partial charge on any atom is -0.198 e. The highest BCUT2D eigenvalue weighted by atomic mass is 32.2. The van der Waals surface area contributed by atoms with Gasteiger partial charge in [0.25, 0.3) is 0 Å². The van der Waals surface area contributed by atoms with E-state index in [1.807, 2.05) is 0 Å². The summed E-state index contributed by atoms with van der Waals surface area (Å²) in [5.41, 5.74) is 0. The molecular formula is C9H15NS. The van der Waals surface area contributed by atoms with Gasteiger partial charge in [-0.15, -0.1) is 0 Å². The van der Waals surface area contributed by atoms with Crippen molar-refractivity contribution in [3.63, 3.8) is 0 Å². The quantitative estimate of drug-likeness (QED) is 0.634. The summed E-state index contributed by atoms with van der Waals surface area (Å²) in [6.45, 7) is 2.21. The van der Waals surface area contributed by atoms with Crippen LogP contribution in [0.1, 0.15) is 32.6 Å². The number of hydrogen-bond acceptors (Lipinski definition) is 2. The van der Waals surface area contributed by atoms with Crippen LogP contribution in [0.2, 0.25) is 0 Å². The smallest absolute Gasteiger partial charge is 0.0655 e. The van der Waals surface area contributed by atoms with E-state index in [-0.39, 0.29) is 0 Å². The van der Waals surface area contributed by atoms with Gasteiger partial charge in [-0.25, -0.2) is 0 Å². The van der Waals surface area contributed by atoms with Crippen LogP contribution in [0, 0.1) is 17.2 Å². The van der Waals surface area contributed by atoms with Gasteiger partial charge in [0.15, 0.2) is 0 Å². The zero-order valence-electron chi connectivity index (χ0n) is 7.05. The fourth-order valence-electron chi connectivity index (χ4n) is 1.59. The van der Waals surface area contributed by atoms with Gasteiger partial charge in [-0.1, -0.05) is 6.92 Å². The molecule has 2 heteroatoms. The molecule has 0 spiro atoms. The maximum Gasteiger partial charge on any atom is 0.0655 e. The normalized spacial score (nSPS) is 31.3. The highest BCUT2D eigenvalue weighted by molar-refractivity contribution is 7.99. The minimum atomic E-state index is 0.365. The van der Waals surface area contributed by atoms with E-state index in [9.17, 15) is 0 Å². The summed E-state index contributed by atoms with van der Waals surface area (Å²) in [4.78, 5) is 0. The van der Waals surface area contributed by atoms with Crippen molar-refractivity contribution in [2.75, 3.05) is 5.75 Å². The highest BCUT2D eigenvalue weighted by Crippen LogP contribution is 2.31. The summed E-state index contributed by atoms with van der Waals surface area (Å²) < 4.78 is 0. The van der Waals surface area contributed by atoms with E-state index in [2.05, 4.69) is 24.8 Å². The van der Waals surface area contributed by atoms with Crippen LogP contribution in [0.25, 0.3) is 0 Å². The average Bonchev–Trinajstić information content (AvgIpc) is 2.07. The lowest BCUT2D eigenvalue weighted by Gasteiger charge is -2.23. The maximum atomic E-state index is 8.65. The van der Waals surface area contributed by atoms with Gasteiger partial charge in [0, 0.05) is 11.2 Å². The molecule has 1 fully saturated rings. The minimum absolute atomic E-state index is 0.365. The zero-order chi connectivity index (χ0) is 8.10. The monoisotopic (exact) mass is 169 g/mol. The molecule has 0 saturated heterocycles. The number of rotatable bonds is 2. The van der Waals surface area contributed by atoms with E-state index >= 15 is 0 Å². The molecule has 0 aliphatic heterocycles. The number of nitrogens with zero attached hydrogens (tertiary/aromatic N) is 1. The second-order valence-electron chi connectivity index (χ2n) is 3.06. The van der Waals surface area contributed by atoms with Crippen LogP contribution >= 0.6 is 11.8 Å². The van der Waals surface area contributed by atoms with E-state index < -0.39 is 0 Å². The predicted molar refractivity (Wildman–Crippen MR) is 49.5 cm³/mol. The summed E-state index contributed by atoms with van der Waals surface area (Å²) in [5, 5.41) is 9.50. The van der Waals surface area contributed by atoms with Crippen LogP contribution in [0.4, 0.5) is 0 Å². The second-order valence-corrected chi connectivity index (χ2v) is 4.64. The summed E-state index contributed by atoms with van der Waals surface area (Å²) in [6, 6.07) is 2.36. The van der Waals surface area contributed by atoms with Crippen molar-refractivity contribution in [1.82, 2.24) is 0 Å². The topological polar surface area (TPSA) is 23.8 Å². The van der Waals surface area contributed by atoms with E-state index in [1.165, 1.54) is 18.6 Å². The van der Waals surface area contributed by atoms with Crippen LogP contribution in [0.5, 0.6) is 0 Å². The SMILES string of the molecule is CCS[C@H]1CC[C@H](C#N)CC1. The van der Waals surface area contributed by atoms with Gasteiger partial charge in [0.2, 0.25) is 0 Å². The Morgan fingerprint density at radius 2 is 2.00 bits per heavy atom. The van der Waals surface area contributed by atoms with Gasteiger partial charge in [-0.05, 0) is 31.4 Å². The molecule has 1 aliphatic carbocycles. The van der Waals surface area contributed by atoms with Crippen molar-refractivity contribution < 1.29 is 0 Å². The molecule has 0 aromatic carbocycles. The lowest BCUT2D eigenvalue weighted by atomic mass is 9.90. The Hall–Kier alpha value is -0.160. The number of hydrogen-bond donors (Lipinski definition) is 0. The molecule has 0 bridgehead atoms. The first-order chi connectivity index (χ1) is 5.36. The van der Waals surface area contributed by atoms with Gasteiger partial charge in [0.1, 0.15) is 0 Å². The Balaban J connectivity index is 2.20. The molecule has 0 radical (unpaired) electrons. The van der Waals surface area contributed by atoms with Gasteiger partial charge in [-0.3, -0.25) is 0 Å². The van der Waals surface area contributed by atoms with Gasteiger partial charge >= 0.3 is 0 Å². The van der Waals surface area contributed by atoms with E-state index in [1.54, 1.807) is 0 Å². The first kappa shape index (κ1) is 8.93. The molecule has 0 unspecified atom stereocenters. The zero-order valence-corrected chi connectivity index (χ0v) is 7.86. The molecule has 0 N–H and O–H groups in total. The summed E-state index contributed by atoms with van der Waals surface area (Å²) in [7, 11) is 0. The van der Waals surface area contributed by atoms with Gasteiger partial charge < -0.3 is 0 Å². The molecule has 11 heavy (non-hydrogen) atoms. The maximum absolute atomic E-state index is 8.65. The molecule has 0 heterocycles. The van der Waals surface area contributed by atoms with Crippen LogP contribution in [0.3, 0.4) is 0 Å². The molecule has 1 rings (SSSR count). The Kier molecular flexibility index (Phi) is 3.79. The summed E-state index contributed by atoms with van der Waals surface area (Å²) in [6.07, 6.45) is 4.79. The Morgan fingerprint density at radius 3 is 2.45 bits per heavy atom. The first-order valence-electron chi connectivity index (χ1n) is 4.38. The lowest BCUT2D eigenvalue weighted by molar-refractivity contribution is 0.436. The van der Waals surface area contributed by atoms with E-state index in [4.69, 9.17) is 5.26 Å². The van der Waals surface area contributed by atoms with Crippen molar-refractivity contribution in [2.24, 2.45) is 5.92 Å². The first-order valence-corrected chi connectivity index (χ1v) is 5.43. The Bertz CT molecular complexity index is 142. The average molecular weight is 169 g/mol. The molecule has 0 atom stereocenters. The summed E-state index contributed by atoms with van der Waals surface area (Å²) in [5.74, 6) is 1.59. The Labute approximate surface area is 73.2 Å². The molecule has 0 aromatic heterocycles. The van der Waals surface area contributed by atoms with E-state index in [0.29, 0.717) is 5.92 Å². The lowest BCUT2D eigenvalue weighted by Crippen LogP contribution is -2.14. The molecule has 1 saturated carbocycles. The molecule has 0 aromatic rings. The molecule has 1 aliphatic rings. The largest absolute Gasteiger partial charge is 0.198 e. The molecule has 1 nitrogen and oxygen atoms in total. The Morgan fingerprint density at radius 1 is 1.36 bits per heavy atom. The number of nitriles is 1. The van der Waals surface area contributed by atoms with Crippen molar-refractivity contribution in [3.8, 4) is 6.07 Å². The molecule has 0 amide bonds. The third-order valence-corrected chi connectivity index (χ3v) is 3.54. The van der Waals surface area contributed by atoms with E-state index in [0.717, 1.165) is 18.1 Å². The predicted octanol–water partition coefficient (Wildman–Crippen LogP) is 2.82. The van der Waals surface area contributed by atoms with Crippen molar-refractivity contribution >= 4 is 11.8 Å². The van der Waals surface area contributed by atoms with Crippen molar-refractivity contribution in [3.05, 3.63) is 0 Å². The van der Waals surface area contributed by atoms with Crippen LogP contribution in [-0.4, -0.2) is 11.0 Å². The standard InChI is InChI=1S/C9H15NS/c1-2-11-9-5-3-8(7-10)4-6-9/h8-9H,2-6H2,1H3/t8-,9-. The van der Waals surface area contributed by atoms with Crippen LogP contribution in [-0.2, 0) is 0 Å². The summed E-state index contributed by atoms with van der Waals surface area (Å²) >= 11 is 2.06. The van der Waals surface area contributed by atoms with Gasteiger partial charge in [-0.2, -0.15) is 17.0 Å². The molecular weight excluding hydrogens is 154 g/mol. The van der Waals surface area contributed by atoms with Gasteiger partial charge in [0.05, 0.1) is 6.07 Å². The third-order valence-electron chi connectivity index (χ3n) is 2.26. The third kappa shape index (κ3) is 2.75. The fraction of sp³-hybridized carbons (Fsp3) is 0.889. The van der Waals surface area contributed by atoms with Crippen molar-refractivity contribution in [1.29, 1.82) is 5.26 Å². The van der Waals surface area contributed by atoms with Crippen LogP contribution in [0.15, 0.2) is 0 Å². The fourth-order valence-corrected chi connectivity index (χ4v) is 2.67. The molecule has 62 valence electrons. The second kappa shape index (κ2) is 4.66. The van der Waals surface area contributed by atoms with Crippen molar-refractivity contribution in [2.45, 2.75) is 37.9 Å². The number of thioether (sulfide) groups is 1. The highest BCUT2D eigenvalue weighted by Gasteiger charge is 2.19.